The lowest BCUT2D eigenvalue weighted by Gasteiger charge is -2.16. The zero-order chi connectivity index (χ0) is 13.2. The number of nitrogens with zero attached hydrogens (tertiary/aromatic N) is 1. The van der Waals surface area contributed by atoms with Crippen molar-refractivity contribution >= 4 is 30.4 Å². The minimum Gasteiger partial charge on any atom is -0.284 e. The van der Waals surface area contributed by atoms with Crippen LogP contribution in [0, 0.1) is 0 Å². The molecule has 0 heterocycles. The summed E-state index contributed by atoms with van der Waals surface area (Å²) in [6, 6.07) is 0. The summed E-state index contributed by atoms with van der Waals surface area (Å²) in [4.78, 5) is 0. The SMILES string of the molecule is CS(=O)(=O)ON(CS(=O)(=O)O)CS(=O)(=O)O. The molecule has 0 amide bonds. The van der Waals surface area contributed by atoms with Crippen LogP contribution in [0.25, 0.3) is 0 Å². The van der Waals surface area contributed by atoms with Crippen LogP contribution in [-0.4, -0.2) is 57.4 Å². The monoisotopic (exact) mass is 299 g/mol. The van der Waals surface area contributed by atoms with Crippen LogP contribution >= 0.6 is 0 Å². The molecule has 0 aliphatic carbocycles. The van der Waals surface area contributed by atoms with Gasteiger partial charge in [-0.15, -0.1) is 5.06 Å². The smallest absolute Gasteiger partial charge is 0.280 e. The third kappa shape index (κ3) is 10.2. The lowest BCUT2D eigenvalue weighted by Crippen LogP contribution is -2.36. The van der Waals surface area contributed by atoms with Crippen molar-refractivity contribution in [2.45, 2.75) is 0 Å². The maximum atomic E-state index is 10.6. The first-order valence-corrected chi connectivity index (χ1v) is 8.37. The Balaban J connectivity index is 4.93. The molecule has 10 nitrogen and oxygen atoms in total. The summed E-state index contributed by atoms with van der Waals surface area (Å²) in [6.07, 6.45) is 0.522. The molecular weight excluding hydrogens is 290 g/mol. The molecule has 0 aromatic carbocycles. The average molecular weight is 299 g/mol. The van der Waals surface area contributed by atoms with Gasteiger partial charge in [0.15, 0.2) is 11.8 Å². The molecule has 0 rings (SSSR count). The van der Waals surface area contributed by atoms with E-state index in [1.165, 1.54) is 0 Å². The Kier molecular flexibility index (Phi) is 4.81. The summed E-state index contributed by atoms with van der Waals surface area (Å²) in [5.41, 5.74) is 0. The van der Waals surface area contributed by atoms with Crippen molar-refractivity contribution in [3.05, 3.63) is 0 Å². The fourth-order valence-electron chi connectivity index (χ4n) is 0.636. The summed E-state index contributed by atoms with van der Waals surface area (Å²) < 4.78 is 83.3. The van der Waals surface area contributed by atoms with Crippen molar-refractivity contribution in [3.8, 4) is 0 Å². The van der Waals surface area contributed by atoms with Gasteiger partial charge in [0.05, 0.1) is 6.26 Å². The molecule has 0 fully saturated rings. The van der Waals surface area contributed by atoms with Crippen LogP contribution in [0.15, 0.2) is 0 Å². The van der Waals surface area contributed by atoms with Crippen molar-refractivity contribution in [2.24, 2.45) is 0 Å². The Labute approximate surface area is 92.4 Å². The Morgan fingerprint density at radius 3 is 1.44 bits per heavy atom. The van der Waals surface area contributed by atoms with E-state index in [0.717, 1.165) is 0 Å². The highest BCUT2D eigenvalue weighted by molar-refractivity contribution is 7.87. The molecule has 0 atom stereocenters. The normalized spacial score (nSPS) is 14.2. The zero-order valence-electron chi connectivity index (χ0n) is 7.84. The Morgan fingerprint density at radius 1 is 0.938 bits per heavy atom. The Hall–Kier alpha value is -0.310. The number of hydrogen-bond acceptors (Lipinski definition) is 8. The van der Waals surface area contributed by atoms with Crippen molar-refractivity contribution < 1.29 is 38.6 Å². The molecule has 0 aliphatic heterocycles. The molecule has 0 radical (unpaired) electrons. The van der Waals surface area contributed by atoms with Gasteiger partial charge in [-0.1, -0.05) is 0 Å². The van der Waals surface area contributed by atoms with E-state index in [-0.39, 0.29) is 5.06 Å². The van der Waals surface area contributed by atoms with Crippen LogP contribution in [-0.2, 0) is 34.6 Å². The summed E-state index contributed by atoms with van der Waals surface area (Å²) >= 11 is 0. The van der Waals surface area contributed by atoms with E-state index < -0.39 is 42.1 Å². The van der Waals surface area contributed by atoms with E-state index in [1.54, 1.807) is 0 Å². The molecule has 0 aromatic rings. The molecule has 0 spiro atoms. The predicted molar refractivity (Wildman–Crippen MR) is 50.6 cm³/mol. The highest BCUT2D eigenvalue weighted by Gasteiger charge is 2.23. The number of hydroxylamine groups is 2. The molecular formula is C3H9NO9S3. The van der Waals surface area contributed by atoms with Gasteiger partial charge in [-0.3, -0.25) is 9.11 Å². The summed E-state index contributed by atoms with van der Waals surface area (Å²) in [5.74, 6) is -2.86. The van der Waals surface area contributed by atoms with Gasteiger partial charge in [-0.25, -0.2) is 0 Å². The van der Waals surface area contributed by atoms with Gasteiger partial charge in [0, 0.05) is 0 Å². The van der Waals surface area contributed by atoms with Crippen LogP contribution in [0.5, 0.6) is 0 Å². The van der Waals surface area contributed by atoms with Gasteiger partial charge in [0.1, 0.15) is 0 Å². The molecule has 0 unspecified atom stereocenters. The van der Waals surface area contributed by atoms with Gasteiger partial charge in [0.25, 0.3) is 30.4 Å². The fourth-order valence-corrected chi connectivity index (χ4v) is 2.39. The standard InChI is InChI=1S/C3H9NO9S3/c1-14(5,6)13-4(2-15(7,8)9)3-16(10,11)12/h2-3H2,1H3,(H,7,8,9)(H,10,11,12). The molecule has 0 bridgehead atoms. The van der Waals surface area contributed by atoms with E-state index in [2.05, 4.69) is 4.28 Å². The van der Waals surface area contributed by atoms with Gasteiger partial charge < -0.3 is 0 Å². The largest absolute Gasteiger partial charge is 0.284 e. The lowest BCUT2D eigenvalue weighted by molar-refractivity contribution is -0.0156. The van der Waals surface area contributed by atoms with E-state index in [0.29, 0.717) is 6.26 Å². The van der Waals surface area contributed by atoms with Gasteiger partial charge in [0.2, 0.25) is 0 Å². The van der Waals surface area contributed by atoms with Crippen molar-refractivity contribution in [3.63, 3.8) is 0 Å². The van der Waals surface area contributed by atoms with Crippen LogP contribution < -0.4 is 0 Å². The van der Waals surface area contributed by atoms with Crippen LogP contribution in [0.3, 0.4) is 0 Å². The van der Waals surface area contributed by atoms with Crippen molar-refractivity contribution in [2.75, 3.05) is 18.0 Å². The quantitative estimate of drug-likeness (QED) is 0.410. The third-order valence-electron chi connectivity index (χ3n) is 0.855. The van der Waals surface area contributed by atoms with Crippen molar-refractivity contribution in [1.82, 2.24) is 5.06 Å². The Bertz CT molecular complexity index is 446. The van der Waals surface area contributed by atoms with Crippen molar-refractivity contribution in [1.29, 1.82) is 0 Å². The molecule has 0 saturated heterocycles. The topological polar surface area (TPSA) is 155 Å². The molecule has 0 aliphatic rings. The molecule has 0 saturated carbocycles. The second kappa shape index (κ2) is 4.91. The second-order valence-corrected chi connectivity index (χ2v) is 7.08. The maximum absolute atomic E-state index is 10.6. The number of hydrogen-bond donors (Lipinski definition) is 2. The maximum Gasteiger partial charge on any atom is 0.280 e. The van der Waals surface area contributed by atoms with E-state index in [9.17, 15) is 25.3 Å². The van der Waals surface area contributed by atoms with Crippen LogP contribution in [0.1, 0.15) is 0 Å². The average Bonchev–Trinajstić information content (AvgIpc) is 1.70. The molecule has 13 heteroatoms. The Morgan fingerprint density at radius 2 is 1.25 bits per heavy atom. The van der Waals surface area contributed by atoms with Gasteiger partial charge in [-0.05, 0) is 0 Å². The zero-order valence-corrected chi connectivity index (χ0v) is 10.3. The van der Waals surface area contributed by atoms with E-state index in [1.807, 2.05) is 0 Å². The summed E-state index contributed by atoms with van der Waals surface area (Å²) in [7, 11) is -13.6. The fraction of sp³-hybridized carbons (Fsp3) is 1.00. The molecule has 0 aromatic heterocycles. The summed E-state index contributed by atoms with van der Waals surface area (Å²) in [5, 5.41) is -0.139. The predicted octanol–water partition coefficient (Wildman–Crippen LogP) is -2.13. The third-order valence-corrected chi connectivity index (χ3v) is 2.57. The minimum absolute atomic E-state index is 0.139. The first-order chi connectivity index (χ1) is 6.79. The second-order valence-electron chi connectivity index (χ2n) is 2.68. The van der Waals surface area contributed by atoms with Gasteiger partial charge >= 0.3 is 0 Å². The minimum atomic E-state index is -4.71. The summed E-state index contributed by atoms with van der Waals surface area (Å²) in [6.45, 7) is 0. The van der Waals surface area contributed by atoms with E-state index >= 15 is 0 Å². The molecule has 98 valence electrons. The van der Waals surface area contributed by atoms with Gasteiger partial charge in [-0.2, -0.15) is 29.5 Å². The molecule has 16 heavy (non-hydrogen) atoms. The van der Waals surface area contributed by atoms with Crippen LogP contribution in [0.4, 0.5) is 0 Å². The molecule has 2 N–H and O–H groups in total. The first-order valence-electron chi connectivity index (χ1n) is 3.33. The van der Waals surface area contributed by atoms with E-state index in [4.69, 9.17) is 9.11 Å². The lowest BCUT2D eigenvalue weighted by atomic mass is 11.2. The number of rotatable bonds is 6. The highest BCUT2D eigenvalue weighted by Crippen LogP contribution is 2.02. The first kappa shape index (κ1) is 15.7. The highest BCUT2D eigenvalue weighted by atomic mass is 32.2. The van der Waals surface area contributed by atoms with Crippen LogP contribution in [0.2, 0.25) is 0 Å².